The third kappa shape index (κ3) is 6.77. The molecule has 0 aliphatic rings. The van der Waals surface area contributed by atoms with E-state index >= 15 is 0 Å². The molecule has 0 bridgehead atoms. The van der Waals surface area contributed by atoms with Crippen LogP contribution in [0.1, 0.15) is 53.4 Å². The fourth-order valence-corrected chi connectivity index (χ4v) is 2.35. The van der Waals surface area contributed by atoms with Crippen molar-refractivity contribution >= 4 is 11.8 Å². The minimum absolute atomic E-state index is 0.136. The van der Waals surface area contributed by atoms with Crippen molar-refractivity contribution in [3.05, 3.63) is 0 Å². The first-order valence-corrected chi connectivity index (χ1v) is 8.52. The highest BCUT2D eigenvalue weighted by atomic mass is 16.5. The van der Waals surface area contributed by atoms with Gasteiger partial charge >= 0.3 is 0 Å². The maximum atomic E-state index is 12.7. The lowest BCUT2D eigenvalue weighted by Crippen LogP contribution is -2.48. The largest absolute Gasteiger partial charge is 0.377 e. The van der Waals surface area contributed by atoms with E-state index in [-0.39, 0.29) is 11.8 Å². The van der Waals surface area contributed by atoms with Gasteiger partial charge in [-0.15, -0.1) is 0 Å². The third-order valence-electron chi connectivity index (χ3n) is 3.88. The minimum Gasteiger partial charge on any atom is -0.377 e. The first kappa shape index (κ1) is 20.9. The number of carbonyl (C=O) groups is 2. The van der Waals surface area contributed by atoms with Gasteiger partial charge in [-0.3, -0.25) is 9.59 Å². The van der Waals surface area contributed by atoms with Crippen molar-refractivity contribution < 1.29 is 14.3 Å². The lowest BCUT2D eigenvalue weighted by atomic mass is 9.99. The summed E-state index contributed by atoms with van der Waals surface area (Å²) >= 11 is 0. The van der Waals surface area contributed by atoms with Gasteiger partial charge in [0.15, 0.2) is 0 Å². The number of nitrogens with zero attached hydrogens (tertiary/aromatic N) is 2. The first-order chi connectivity index (χ1) is 10.4. The highest BCUT2D eigenvalue weighted by Gasteiger charge is 2.36. The van der Waals surface area contributed by atoms with Crippen LogP contribution in [-0.4, -0.2) is 61.5 Å². The maximum absolute atomic E-state index is 12.7. The van der Waals surface area contributed by atoms with Gasteiger partial charge in [0.05, 0.1) is 6.10 Å². The number of amides is 2. The van der Waals surface area contributed by atoms with E-state index in [0.29, 0.717) is 19.7 Å². The fourth-order valence-electron chi connectivity index (χ4n) is 2.35. The molecule has 0 aromatic carbocycles. The topological polar surface area (TPSA) is 49.9 Å². The van der Waals surface area contributed by atoms with E-state index in [1.165, 1.54) is 0 Å². The molecule has 5 nitrogen and oxygen atoms in total. The van der Waals surface area contributed by atoms with Crippen molar-refractivity contribution in [2.75, 3.05) is 33.8 Å². The summed E-state index contributed by atoms with van der Waals surface area (Å²) in [5.74, 6) is -1.02. The Hall–Kier alpha value is -1.10. The molecule has 0 heterocycles. The Morgan fingerprint density at radius 2 is 1.32 bits per heavy atom. The highest BCUT2D eigenvalue weighted by molar-refractivity contribution is 6.00. The van der Waals surface area contributed by atoms with Crippen molar-refractivity contribution in [1.82, 2.24) is 9.80 Å². The molecule has 0 aliphatic heterocycles. The number of carbonyl (C=O) groups excluding carboxylic acids is 2. The maximum Gasteiger partial charge on any atom is 0.237 e. The Morgan fingerprint density at radius 1 is 0.909 bits per heavy atom. The molecule has 0 N–H and O–H groups in total. The molecular formula is C17H34N2O3. The standard InChI is InChI=1S/C17H34N2O3/c1-7-10-12-18(5)16(20)15(14(4)22-9-3)17(21)19(6)13-11-8-2/h14-15H,7-13H2,1-6H3. The number of rotatable bonds is 11. The molecule has 1 atom stereocenters. The molecule has 5 heteroatoms. The van der Waals surface area contributed by atoms with E-state index in [1.54, 1.807) is 23.9 Å². The van der Waals surface area contributed by atoms with Gasteiger partial charge in [0.1, 0.15) is 5.92 Å². The third-order valence-corrected chi connectivity index (χ3v) is 3.88. The quantitative estimate of drug-likeness (QED) is 0.551. The van der Waals surface area contributed by atoms with E-state index in [2.05, 4.69) is 13.8 Å². The Morgan fingerprint density at radius 3 is 1.64 bits per heavy atom. The van der Waals surface area contributed by atoms with Gasteiger partial charge in [-0.25, -0.2) is 0 Å². The SMILES string of the molecule is CCCCN(C)C(=O)C(C(=O)N(C)CCCC)C(C)OCC. The van der Waals surface area contributed by atoms with Crippen LogP contribution in [0.4, 0.5) is 0 Å². The van der Waals surface area contributed by atoms with Gasteiger partial charge in [-0.1, -0.05) is 26.7 Å². The zero-order valence-corrected chi connectivity index (χ0v) is 15.2. The van der Waals surface area contributed by atoms with E-state index in [9.17, 15) is 9.59 Å². The fraction of sp³-hybridized carbons (Fsp3) is 0.882. The van der Waals surface area contributed by atoms with Crippen LogP contribution in [0.5, 0.6) is 0 Å². The van der Waals surface area contributed by atoms with Gasteiger partial charge in [-0.05, 0) is 26.7 Å². The Bertz CT molecular complexity index is 308. The predicted molar refractivity (Wildman–Crippen MR) is 89.7 cm³/mol. The number of hydrogen-bond acceptors (Lipinski definition) is 3. The van der Waals surface area contributed by atoms with Gasteiger partial charge in [0.25, 0.3) is 0 Å². The second kappa shape index (κ2) is 11.5. The number of hydrogen-bond donors (Lipinski definition) is 0. The zero-order valence-electron chi connectivity index (χ0n) is 15.2. The van der Waals surface area contributed by atoms with E-state index in [0.717, 1.165) is 25.7 Å². The van der Waals surface area contributed by atoms with Gasteiger partial charge in [-0.2, -0.15) is 0 Å². The molecule has 22 heavy (non-hydrogen) atoms. The Labute approximate surface area is 136 Å². The zero-order chi connectivity index (χ0) is 17.1. The second-order valence-electron chi connectivity index (χ2n) is 5.86. The molecular weight excluding hydrogens is 280 g/mol. The van der Waals surface area contributed by atoms with Crippen molar-refractivity contribution in [2.24, 2.45) is 5.92 Å². The van der Waals surface area contributed by atoms with Crippen LogP contribution in [0.3, 0.4) is 0 Å². The van der Waals surface area contributed by atoms with Crippen LogP contribution in [0.2, 0.25) is 0 Å². The van der Waals surface area contributed by atoms with Crippen LogP contribution in [0.15, 0.2) is 0 Å². The summed E-state index contributed by atoms with van der Waals surface area (Å²) in [4.78, 5) is 28.7. The van der Waals surface area contributed by atoms with Crippen molar-refractivity contribution in [1.29, 1.82) is 0 Å². The monoisotopic (exact) mass is 314 g/mol. The van der Waals surface area contributed by atoms with Crippen LogP contribution in [0, 0.1) is 5.92 Å². The molecule has 0 saturated heterocycles. The molecule has 1 unspecified atom stereocenters. The van der Waals surface area contributed by atoms with Gasteiger partial charge in [0.2, 0.25) is 11.8 Å². The lowest BCUT2D eigenvalue weighted by molar-refractivity contribution is -0.152. The molecule has 130 valence electrons. The molecule has 2 amide bonds. The van der Waals surface area contributed by atoms with E-state index < -0.39 is 12.0 Å². The predicted octanol–water partition coefficient (Wildman–Crippen LogP) is 2.54. The van der Waals surface area contributed by atoms with Crippen LogP contribution < -0.4 is 0 Å². The molecule has 0 fully saturated rings. The van der Waals surface area contributed by atoms with Crippen LogP contribution >= 0.6 is 0 Å². The van der Waals surface area contributed by atoms with Crippen molar-refractivity contribution in [2.45, 2.75) is 59.5 Å². The summed E-state index contributed by atoms with van der Waals surface area (Å²) < 4.78 is 5.56. The molecule has 0 aromatic rings. The summed E-state index contributed by atoms with van der Waals surface area (Å²) in [7, 11) is 3.53. The molecule has 0 rings (SSSR count). The van der Waals surface area contributed by atoms with E-state index in [4.69, 9.17) is 4.74 Å². The average Bonchev–Trinajstić information content (AvgIpc) is 2.50. The molecule has 0 spiro atoms. The lowest BCUT2D eigenvalue weighted by Gasteiger charge is -2.30. The summed E-state index contributed by atoms with van der Waals surface area (Å²) in [6, 6.07) is 0. The average molecular weight is 314 g/mol. The summed E-state index contributed by atoms with van der Waals surface area (Å²) in [5, 5.41) is 0. The van der Waals surface area contributed by atoms with Gasteiger partial charge < -0.3 is 14.5 Å². The first-order valence-electron chi connectivity index (χ1n) is 8.52. The molecule has 0 aliphatic carbocycles. The van der Waals surface area contributed by atoms with Crippen LogP contribution in [-0.2, 0) is 14.3 Å². The Kier molecular flexibility index (Phi) is 10.9. The summed E-state index contributed by atoms with van der Waals surface area (Å²) in [6.45, 7) is 9.71. The van der Waals surface area contributed by atoms with Crippen molar-refractivity contribution in [3.63, 3.8) is 0 Å². The number of unbranched alkanes of at least 4 members (excludes halogenated alkanes) is 2. The summed E-state index contributed by atoms with van der Waals surface area (Å²) in [6.07, 6.45) is 3.52. The molecule has 0 saturated carbocycles. The highest BCUT2D eigenvalue weighted by Crippen LogP contribution is 2.15. The Balaban J connectivity index is 5.02. The smallest absolute Gasteiger partial charge is 0.237 e. The minimum atomic E-state index is -0.747. The summed E-state index contributed by atoms with van der Waals surface area (Å²) in [5.41, 5.74) is 0. The van der Waals surface area contributed by atoms with E-state index in [1.807, 2.05) is 13.8 Å². The van der Waals surface area contributed by atoms with Crippen LogP contribution in [0.25, 0.3) is 0 Å². The normalized spacial score (nSPS) is 12.3. The van der Waals surface area contributed by atoms with Crippen molar-refractivity contribution in [3.8, 4) is 0 Å². The van der Waals surface area contributed by atoms with Gasteiger partial charge in [0, 0.05) is 33.8 Å². The second-order valence-corrected chi connectivity index (χ2v) is 5.86. The molecule has 0 aromatic heterocycles. The molecule has 0 radical (unpaired) electrons. The number of ether oxygens (including phenoxy) is 1.